The van der Waals surface area contributed by atoms with E-state index in [2.05, 4.69) is 10.0 Å². The van der Waals surface area contributed by atoms with E-state index in [9.17, 15) is 22.4 Å². The number of ether oxygens (including phenoxy) is 2. The lowest BCUT2D eigenvalue weighted by molar-refractivity contribution is -0.140. The summed E-state index contributed by atoms with van der Waals surface area (Å²) >= 11 is 0. The minimum absolute atomic E-state index is 0.0242. The van der Waals surface area contributed by atoms with Crippen LogP contribution in [0, 0.1) is 18.7 Å². The van der Waals surface area contributed by atoms with Gasteiger partial charge in [0.25, 0.3) is 11.8 Å². The number of nitrogens with one attached hydrogen (secondary N) is 2. The molecule has 2 fully saturated rings. The largest absolute Gasteiger partial charge is 0.489 e. The van der Waals surface area contributed by atoms with Crippen LogP contribution in [0.25, 0.3) is 0 Å². The van der Waals surface area contributed by atoms with Crippen LogP contribution in [0.4, 0.5) is 10.1 Å². The van der Waals surface area contributed by atoms with Gasteiger partial charge in [-0.1, -0.05) is 0 Å². The first-order chi connectivity index (χ1) is 16.6. The Bertz CT molecular complexity index is 1290. The Morgan fingerprint density at radius 2 is 2.06 bits per heavy atom. The highest BCUT2D eigenvalue weighted by molar-refractivity contribution is 7.89. The molecule has 2 amide bonds. The molecule has 2 saturated heterocycles. The molecule has 188 valence electrons. The average molecular weight is 507 g/mol. The van der Waals surface area contributed by atoms with Crippen molar-refractivity contribution in [2.75, 3.05) is 31.6 Å². The zero-order valence-electron chi connectivity index (χ0n) is 19.4. The fourth-order valence-corrected chi connectivity index (χ4v) is 6.35. The standard InChI is InChI=1S/C23H27FN4O6S/c1-13-8-15(5-6-16(13)24)25-22(29)20-21-19(11-27(20)2)35(31,32)26-17-10-28(9-14(17)12-34-21)23(30)18-4-3-7-33-18/h5-6,8,11,14,17-18,26H,3-4,7,9-10,12H2,1-2H3,(H,25,29). The highest BCUT2D eigenvalue weighted by atomic mass is 32.2. The van der Waals surface area contributed by atoms with E-state index in [0.29, 0.717) is 30.8 Å². The lowest BCUT2D eigenvalue weighted by atomic mass is 10.1. The first-order valence-electron chi connectivity index (χ1n) is 11.5. The molecule has 1 aromatic heterocycles. The normalized spacial score (nSPS) is 25.2. The Labute approximate surface area is 202 Å². The Hall–Kier alpha value is -2.96. The summed E-state index contributed by atoms with van der Waals surface area (Å²) in [6.07, 6.45) is 2.32. The van der Waals surface area contributed by atoms with E-state index in [4.69, 9.17) is 9.47 Å². The summed E-state index contributed by atoms with van der Waals surface area (Å²) in [6, 6.07) is 3.64. The number of hydrogen-bond acceptors (Lipinski definition) is 6. The van der Waals surface area contributed by atoms with Crippen molar-refractivity contribution in [1.29, 1.82) is 0 Å². The highest BCUT2D eigenvalue weighted by Crippen LogP contribution is 2.35. The van der Waals surface area contributed by atoms with Crippen LogP contribution >= 0.6 is 0 Å². The Balaban J connectivity index is 1.39. The van der Waals surface area contributed by atoms with Gasteiger partial charge in [0, 0.05) is 50.6 Å². The van der Waals surface area contributed by atoms with Gasteiger partial charge in [-0.05, 0) is 43.5 Å². The molecule has 10 nitrogen and oxygen atoms in total. The Morgan fingerprint density at radius 3 is 2.77 bits per heavy atom. The van der Waals surface area contributed by atoms with Gasteiger partial charge in [0.15, 0.2) is 11.4 Å². The van der Waals surface area contributed by atoms with E-state index >= 15 is 0 Å². The zero-order chi connectivity index (χ0) is 24.9. The molecule has 1 aromatic carbocycles. The van der Waals surface area contributed by atoms with Crippen molar-refractivity contribution in [3.63, 3.8) is 0 Å². The number of nitrogens with zero attached hydrogens (tertiary/aromatic N) is 2. The molecule has 35 heavy (non-hydrogen) atoms. The van der Waals surface area contributed by atoms with Crippen molar-refractivity contribution in [3.8, 4) is 5.75 Å². The summed E-state index contributed by atoms with van der Waals surface area (Å²) < 4.78 is 55.6. The molecule has 0 bridgehead atoms. The van der Waals surface area contributed by atoms with Crippen molar-refractivity contribution in [3.05, 3.63) is 41.5 Å². The van der Waals surface area contributed by atoms with Crippen LogP contribution < -0.4 is 14.8 Å². The predicted octanol–water partition coefficient (Wildman–Crippen LogP) is 1.40. The molecule has 3 aliphatic heterocycles. The minimum atomic E-state index is -4.04. The van der Waals surface area contributed by atoms with E-state index < -0.39 is 33.9 Å². The van der Waals surface area contributed by atoms with Gasteiger partial charge in [0.1, 0.15) is 16.8 Å². The number of amides is 2. The molecular weight excluding hydrogens is 479 g/mol. The maximum atomic E-state index is 13.6. The summed E-state index contributed by atoms with van der Waals surface area (Å²) in [5.74, 6) is -1.47. The summed E-state index contributed by atoms with van der Waals surface area (Å²) in [5, 5.41) is 2.68. The number of hydrogen-bond donors (Lipinski definition) is 2. The number of carbonyl (C=O) groups is 2. The smallest absolute Gasteiger partial charge is 0.276 e. The predicted molar refractivity (Wildman–Crippen MR) is 123 cm³/mol. The summed E-state index contributed by atoms with van der Waals surface area (Å²) in [4.78, 5) is 27.4. The van der Waals surface area contributed by atoms with Gasteiger partial charge in [0.2, 0.25) is 10.0 Å². The first-order valence-corrected chi connectivity index (χ1v) is 12.9. The molecule has 2 aromatic rings. The van der Waals surface area contributed by atoms with Crippen LogP contribution in [0.2, 0.25) is 0 Å². The molecule has 2 N–H and O–H groups in total. The quantitative estimate of drug-likeness (QED) is 0.650. The molecule has 4 heterocycles. The number of benzene rings is 1. The van der Waals surface area contributed by atoms with Crippen LogP contribution in [-0.4, -0.2) is 68.1 Å². The summed E-state index contributed by atoms with van der Waals surface area (Å²) in [6.45, 7) is 2.80. The summed E-state index contributed by atoms with van der Waals surface area (Å²) in [7, 11) is -2.49. The van der Waals surface area contributed by atoms with Crippen molar-refractivity contribution < 1.29 is 31.9 Å². The van der Waals surface area contributed by atoms with Gasteiger partial charge in [0.05, 0.1) is 6.61 Å². The van der Waals surface area contributed by atoms with Gasteiger partial charge in [-0.2, -0.15) is 0 Å². The van der Waals surface area contributed by atoms with Gasteiger partial charge < -0.3 is 24.3 Å². The lowest BCUT2D eigenvalue weighted by Crippen LogP contribution is -2.44. The Kier molecular flexibility index (Phi) is 6.06. The van der Waals surface area contributed by atoms with Crippen molar-refractivity contribution in [2.24, 2.45) is 13.0 Å². The number of fused-ring (bicyclic) bond motifs is 2. The average Bonchev–Trinajstić information content (AvgIpc) is 3.53. The van der Waals surface area contributed by atoms with E-state index in [-0.39, 0.29) is 41.3 Å². The lowest BCUT2D eigenvalue weighted by Gasteiger charge is -2.23. The SMILES string of the molecule is Cc1cc(NC(=O)c2c3c(cn2C)S(=O)(=O)NC2CN(C(=O)C4CCCO4)CC2CO3)ccc1F. The van der Waals surface area contributed by atoms with Crippen molar-refractivity contribution in [2.45, 2.75) is 36.8 Å². The third-order valence-electron chi connectivity index (χ3n) is 6.73. The molecule has 0 spiro atoms. The summed E-state index contributed by atoms with van der Waals surface area (Å²) in [5.41, 5.74) is 0.758. The van der Waals surface area contributed by atoms with Gasteiger partial charge in [-0.25, -0.2) is 17.5 Å². The maximum absolute atomic E-state index is 13.6. The molecule has 5 rings (SSSR count). The van der Waals surface area contributed by atoms with E-state index in [1.54, 1.807) is 18.9 Å². The fraction of sp³-hybridized carbons (Fsp3) is 0.478. The number of rotatable bonds is 3. The van der Waals surface area contributed by atoms with Crippen molar-refractivity contribution >= 4 is 27.5 Å². The number of aryl methyl sites for hydroxylation is 2. The van der Waals surface area contributed by atoms with Crippen LogP contribution in [0.1, 0.15) is 28.9 Å². The molecule has 0 aliphatic carbocycles. The number of halogens is 1. The molecule has 0 saturated carbocycles. The van der Waals surface area contributed by atoms with E-state index in [1.165, 1.54) is 29.0 Å². The molecule has 0 radical (unpaired) electrons. The number of likely N-dealkylation sites (tertiary alicyclic amines) is 1. The van der Waals surface area contributed by atoms with Gasteiger partial charge in [-0.3, -0.25) is 9.59 Å². The highest BCUT2D eigenvalue weighted by Gasteiger charge is 2.43. The molecule has 3 unspecified atom stereocenters. The minimum Gasteiger partial charge on any atom is -0.489 e. The number of aromatic nitrogens is 1. The molecule has 3 aliphatic rings. The molecule has 12 heteroatoms. The van der Waals surface area contributed by atoms with Crippen molar-refractivity contribution in [1.82, 2.24) is 14.2 Å². The topological polar surface area (TPSA) is 119 Å². The van der Waals surface area contributed by atoms with E-state index in [0.717, 1.165) is 6.42 Å². The third-order valence-corrected chi connectivity index (χ3v) is 8.21. The van der Waals surface area contributed by atoms with Gasteiger partial charge in [-0.15, -0.1) is 0 Å². The zero-order valence-corrected chi connectivity index (χ0v) is 20.2. The second-order valence-corrected chi connectivity index (χ2v) is 10.9. The van der Waals surface area contributed by atoms with Gasteiger partial charge >= 0.3 is 0 Å². The van der Waals surface area contributed by atoms with Crippen LogP contribution in [-0.2, 0) is 26.6 Å². The second-order valence-electron chi connectivity index (χ2n) is 9.24. The maximum Gasteiger partial charge on any atom is 0.276 e. The fourth-order valence-electron chi connectivity index (χ4n) is 4.87. The first kappa shape index (κ1) is 23.8. The second kappa shape index (κ2) is 8.92. The van der Waals surface area contributed by atoms with Crippen LogP contribution in [0.3, 0.4) is 0 Å². The van der Waals surface area contributed by atoms with E-state index in [1.807, 2.05) is 0 Å². The third kappa shape index (κ3) is 4.41. The molecule has 3 atom stereocenters. The van der Waals surface area contributed by atoms with Crippen LogP contribution in [0.15, 0.2) is 29.3 Å². The van der Waals surface area contributed by atoms with Crippen LogP contribution in [0.5, 0.6) is 5.75 Å². The molecular formula is C23H27FN4O6S. The monoisotopic (exact) mass is 506 g/mol. The number of carbonyl (C=O) groups excluding carboxylic acids is 2. The number of sulfonamides is 1. The Morgan fingerprint density at radius 1 is 1.26 bits per heavy atom. The number of anilines is 1.